The Morgan fingerprint density at radius 3 is 2.24 bits per heavy atom. The van der Waals surface area contributed by atoms with Crippen molar-refractivity contribution in [1.82, 2.24) is 10.2 Å². The molecule has 0 radical (unpaired) electrons. The van der Waals surface area contributed by atoms with E-state index in [-0.39, 0.29) is 49.5 Å². The maximum atomic E-state index is 14.3. The van der Waals surface area contributed by atoms with Crippen molar-refractivity contribution < 1.29 is 27.1 Å². The number of anilines is 1. The number of rotatable bonds is 14. The average molecular weight is 536 g/mol. The van der Waals surface area contributed by atoms with Gasteiger partial charge in [0.2, 0.25) is 21.8 Å². The van der Waals surface area contributed by atoms with Gasteiger partial charge in [-0.05, 0) is 56.0 Å². The van der Waals surface area contributed by atoms with Crippen LogP contribution in [0.4, 0.5) is 10.1 Å². The molecule has 1 N–H and O–H groups in total. The minimum absolute atomic E-state index is 0.0102. The number of benzene rings is 2. The average Bonchev–Trinajstić information content (AvgIpc) is 2.86. The van der Waals surface area contributed by atoms with E-state index in [1.807, 2.05) is 32.9 Å². The number of sulfonamides is 1. The summed E-state index contributed by atoms with van der Waals surface area (Å²) in [5.41, 5.74) is 0.764. The highest BCUT2D eigenvalue weighted by Crippen LogP contribution is 2.23. The molecule has 37 heavy (non-hydrogen) atoms. The lowest BCUT2D eigenvalue weighted by Gasteiger charge is -2.32. The van der Waals surface area contributed by atoms with E-state index in [1.165, 1.54) is 23.1 Å². The fourth-order valence-corrected chi connectivity index (χ4v) is 4.89. The normalized spacial score (nSPS) is 12.9. The van der Waals surface area contributed by atoms with E-state index >= 15 is 0 Å². The van der Waals surface area contributed by atoms with E-state index in [2.05, 4.69) is 5.32 Å². The summed E-state index contributed by atoms with van der Waals surface area (Å²) in [6.45, 7) is 5.85. The zero-order valence-electron chi connectivity index (χ0n) is 22.2. The van der Waals surface area contributed by atoms with Crippen molar-refractivity contribution in [1.29, 1.82) is 0 Å². The van der Waals surface area contributed by atoms with Crippen LogP contribution in [0, 0.1) is 5.82 Å². The van der Waals surface area contributed by atoms with Crippen LogP contribution >= 0.6 is 0 Å². The first-order chi connectivity index (χ1) is 17.5. The molecule has 0 heterocycles. The smallest absolute Gasteiger partial charge is 0.243 e. The van der Waals surface area contributed by atoms with Crippen molar-refractivity contribution in [2.75, 3.05) is 24.2 Å². The number of amides is 2. The number of nitrogens with zero attached hydrogens (tertiary/aromatic N) is 2. The molecule has 0 aliphatic carbocycles. The number of halogens is 1. The molecule has 0 unspecified atom stereocenters. The van der Waals surface area contributed by atoms with Crippen LogP contribution in [-0.4, -0.2) is 57.1 Å². The number of carbonyl (C=O) groups is 2. The van der Waals surface area contributed by atoms with Crippen molar-refractivity contribution in [2.45, 2.75) is 65.1 Å². The van der Waals surface area contributed by atoms with Crippen LogP contribution in [0.25, 0.3) is 0 Å². The van der Waals surface area contributed by atoms with Crippen molar-refractivity contribution in [2.24, 2.45) is 0 Å². The van der Waals surface area contributed by atoms with Gasteiger partial charge >= 0.3 is 0 Å². The van der Waals surface area contributed by atoms with Gasteiger partial charge < -0.3 is 15.0 Å². The van der Waals surface area contributed by atoms with Crippen molar-refractivity contribution in [3.63, 3.8) is 0 Å². The summed E-state index contributed by atoms with van der Waals surface area (Å²) >= 11 is 0. The summed E-state index contributed by atoms with van der Waals surface area (Å²) in [6, 6.07) is 12.1. The van der Waals surface area contributed by atoms with E-state index in [0.717, 1.165) is 22.5 Å². The minimum Gasteiger partial charge on any atom is -0.497 e. The van der Waals surface area contributed by atoms with Crippen LogP contribution in [-0.2, 0) is 26.2 Å². The summed E-state index contributed by atoms with van der Waals surface area (Å²) in [6.07, 6.45) is 2.32. The second kappa shape index (κ2) is 14.0. The Morgan fingerprint density at radius 1 is 1.05 bits per heavy atom. The Bertz CT molecular complexity index is 1140. The molecule has 0 saturated carbocycles. The Labute approximate surface area is 219 Å². The fourth-order valence-electron chi connectivity index (χ4n) is 3.92. The third kappa shape index (κ3) is 8.73. The standard InChI is InChI=1S/C27H38FN3O5S/c1-6-20(3)29-27(33)24(7-2)30(19-21-14-16-22(36-4)17-15-21)26(32)13-10-18-31(37(5,34)35)25-12-9-8-11-23(25)28/h8-9,11-12,14-17,20,24H,6-7,10,13,18-19H2,1-5H3,(H,29,33)/t20-,24+/m0/s1. The zero-order chi connectivity index (χ0) is 27.6. The lowest BCUT2D eigenvalue weighted by Crippen LogP contribution is -2.50. The number of hydrogen-bond acceptors (Lipinski definition) is 5. The molecule has 204 valence electrons. The molecule has 0 saturated heterocycles. The summed E-state index contributed by atoms with van der Waals surface area (Å²) in [7, 11) is -2.20. The van der Waals surface area contributed by atoms with Crippen LogP contribution in [0.1, 0.15) is 52.0 Å². The molecule has 2 rings (SSSR count). The number of methoxy groups -OCH3 is 1. The highest BCUT2D eigenvalue weighted by atomic mass is 32.2. The first-order valence-electron chi connectivity index (χ1n) is 12.5. The van der Waals surface area contributed by atoms with E-state index in [4.69, 9.17) is 4.74 Å². The van der Waals surface area contributed by atoms with E-state index < -0.39 is 21.9 Å². The Hall–Kier alpha value is -3.14. The van der Waals surface area contributed by atoms with Crippen molar-refractivity contribution in [3.05, 3.63) is 59.9 Å². The summed E-state index contributed by atoms with van der Waals surface area (Å²) in [5, 5.41) is 2.96. The van der Waals surface area contributed by atoms with Gasteiger partial charge in [-0.25, -0.2) is 12.8 Å². The molecule has 2 aromatic rings. The predicted octanol–water partition coefficient (Wildman–Crippen LogP) is 4.10. The van der Waals surface area contributed by atoms with E-state index in [9.17, 15) is 22.4 Å². The van der Waals surface area contributed by atoms with Gasteiger partial charge in [-0.15, -0.1) is 0 Å². The Balaban J connectivity index is 2.24. The second-order valence-corrected chi connectivity index (χ2v) is 10.9. The first-order valence-corrected chi connectivity index (χ1v) is 14.3. The van der Waals surface area contributed by atoms with Crippen molar-refractivity contribution in [3.8, 4) is 5.75 Å². The van der Waals surface area contributed by atoms with Gasteiger partial charge in [-0.3, -0.25) is 13.9 Å². The highest BCUT2D eigenvalue weighted by Gasteiger charge is 2.29. The molecule has 2 atom stereocenters. The Kier molecular flexibility index (Phi) is 11.4. The van der Waals surface area contributed by atoms with Crippen LogP contribution in [0.5, 0.6) is 5.75 Å². The number of para-hydroxylation sites is 1. The van der Waals surface area contributed by atoms with Crippen LogP contribution in [0.2, 0.25) is 0 Å². The minimum atomic E-state index is -3.77. The number of nitrogens with one attached hydrogen (secondary N) is 1. The largest absolute Gasteiger partial charge is 0.497 e. The van der Waals surface area contributed by atoms with Crippen LogP contribution in [0.3, 0.4) is 0 Å². The maximum absolute atomic E-state index is 14.3. The molecule has 8 nitrogen and oxygen atoms in total. The molecule has 0 aliphatic rings. The maximum Gasteiger partial charge on any atom is 0.243 e. The molecule has 0 spiro atoms. The van der Waals surface area contributed by atoms with E-state index in [1.54, 1.807) is 25.3 Å². The molecule has 2 aromatic carbocycles. The lowest BCUT2D eigenvalue weighted by molar-refractivity contribution is -0.141. The lowest BCUT2D eigenvalue weighted by atomic mass is 10.1. The van der Waals surface area contributed by atoms with Gasteiger partial charge in [0.25, 0.3) is 0 Å². The summed E-state index contributed by atoms with van der Waals surface area (Å²) < 4.78 is 45.2. The number of carbonyl (C=O) groups excluding carboxylic acids is 2. The van der Waals surface area contributed by atoms with Crippen LogP contribution < -0.4 is 14.4 Å². The monoisotopic (exact) mass is 535 g/mol. The van der Waals surface area contributed by atoms with Gasteiger partial charge in [0, 0.05) is 25.6 Å². The molecule has 0 aliphatic heterocycles. The molecular weight excluding hydrogens is 497 g/mol. The van der Waals surface area contributed by atoms with Gasteiger partial charge in [0.1, 0.15) is 17.6 Å². The third-order valence-corrected chi connectivity index (χ3v) is 7.35. The summed E-state index contributed by atoms with van der Waals surface area (Å²) in [5.74, 6) is -0.503. The van der Waals surface area contributed by atoms with Gasteiger partial charge in [-0.2, -0.15) is 0 Å². The fraction of sp³-hybridized carbons (Fsp3) is 0.481. The SMILES string of the molecule is CC[C@H](C(=O)N[C@@H](C)CC)N(Cc1ccc(OC)cc1)C(=O)CCCN(c1ccccc1F)S(C)(=O)=O. The molecule has 0 aromatic heterocycles. The first kappa shape index (κ1) is 30.1. The van der Waals surface area contributed by atoms with Crippen molar-refractivity contribution >= 4 is 27.5 Å². The third-order valence-electron chi connectivity index (χ3n) is 6.17. The van der Waals surface area contributed by atoms with Gasteiger partial charge in [0.05, 0.1) is 19.1 Å². The molecule has 10 heteroatoms. The predicted molar refractivity (Wildman–Crippen MR) is 143 cm³/mol. The number of ether oxygens (including phenoxy) is 1. The highest BCUT2D eigenvalue weighted by molar-refractivity contribution is 7.92. The number of hydrogen-bond donors (Lipinski definition) is 1. The summed E-state index contributed by atoms with van der Waals surface area (Å²) in [4.78, 5) is 28.0. The van der Waals surface area contributed by atoms with Crippen LogP contribution in [0.15, 0.2) is 48.5 Å². The zero-order valence-corrected chi connectivity index (χ0v) is 23.1. The molecule has 0 fully saturated rings. The van der Waals surface area contributed by atoms with E-state index in [0.29, 0.717) is 12.2 Å². The molecular formula is C27H38FN3O5S. The molecule has 2 amide bonds. The quantitative estimate of drug-likeness (QED) is 0.393. The van der Waals surface area contributed by atoms with Gasteiger partial charge in [0.15, 0.2) is 0 Å². The van der Waals surface area contributed by atoms with Gasteiger partial charge in [-0.1, -0.05) is 38.1 Å². The Morgan fingerprint density at radius 2 is 1.70 bits per heavy atom. The molecule has 0 bridgehead atoms. The second-order valence-electron chi connectivity index (χ2n) is 9.00. The topological polar surface area (TPSA) is 96.0 Å².